The van der Waals surface area contributed by atoms with E-state index in [1.165, 1.54) is 7.11 Å². The first kappa shape index (κ1) is 21.6. The van der Waals surface area contributed by atoms with Gasteiger partial charge in [0.15, 0.2) is 0 Å². The molecule has 4 rings (SSSR count). The average molecular weight is 444 g/mol. The monoisotopic (exact) mass is 443 g/mol. The third-order valence-electron chi connectivity index (χ3n) is 5.37. The van der Waals surface area contributed by atoms with E-state index in [-0.39, 0.29) is 6.61 Å². The summed E-state index contributed by atoms with van der Waals surface area (Å²) in [6.45, 7) is 3.78. The van der Waals surface area contributed by atoms with Gasteiger partial charge in [-0.15, -0.1) is 0 Å². The maximum Gasteiger partial charge on any atom is 0.325 e. The molecule has 0 bridgehead atoms. The fourth-order valence-corrected chi connectivity index (χ4v) is 3.83. The molecule has 0 saturated carbocycles. The quantitative estimate of drug-likeness (QED) is 0.686. The molecule has 0 spiro atoms. The van der Waals surface area contributed by atoms with Gasteiger partial charge in [0.2, 0.25) is 0 Å². The normalized spacial score (nSPS) is 17.0. The van der Waals surface area contributed by atoms with Crippen LogP contribution in [0.4, 0.5) is 17.1 Å². The molecule has 2 aliphatic heterocycles. The van der Waals surface area contributed by atoms with Gasteiger partial charge in [0, 0.05) is 42.5 Å². The molecule has 0 aliphatic carbocycles. The number of nitrogens with two attached hydrogens (primary N) is 1. The predicted molar refractivity (Wildman–Crippen MR) is 121 cm³/mol. The Morgan fingerprint density at radius 2 is 1.97 bits per heavy atom. The molecule has 3 N–H and O–H groups in total. The first-order valence-corrected chi connectivity index (χ1v) is 10.6. The second-order valence-corrected chi connectivity index (χ2v) is 7.94. The number of ether oxygens (including phenoxy) is 2. The van der Waals surface area contributed by atoms with Crippen molar-refractivity contribution in [3.05, 3.63) is 53.1 Å². The van der Waals surface area contributed by atoms with Gasteiger partial charge in [-0.3, -0.25) is 9.69 Å². The highest BCUT2D eigenvalue weighted by molar-refractivity contribution is 6.31. The summed E-state index contributed by atoms with van der Waals surface area (Å²) in [5.74, 6) is 0.459. The van der Waals surface area contributed by atoms with Crippen LogP contribution >= 0.6 is 11.6 Å². The van der Waals surface area contributed by atoms with Crippen molar-refractivity contribution >= 4 is 40.5 Å². The summed E-state index contributed by atoms with van der Waals surface area (Å²) in [5, 5.41) is 4.13. The number of esters is 1. The lowest BCUT2D eigenvalue weighted by Crippen LogP contribution is -2.50. The molecule has 0 aromatic heterocycles. The molecular weight excluding hydrogens is 418 g/mol. The van der Waals surface area contributed by atoms with Gasteiger partial charge in [-0.05, 0) is 30.3 Å². The van der Waals surface area contributed by atoms with Crippen LogP contribution in [-0.4, -0.2) is 74.3 Å². The van der Waals surface area contributed by atoms with Crippen LogP contribution in [0.5, 0.6) is 0 Å². The number of piperazine rings is 1. The van der Waals surface area contributed by atoms with Crippen molar-refractivity contribution in [3.8, 4) is 0 Å². The molecule has 9 heteroatoms. The van der Waals surface area contributed by atoms with Crippen LogP contribution in [0.15, 0.2) is 47.5 Å². The highest BCUT2D eigenvalue weighted by atomic mass is 35.5. The minimum atomic E-state index is -0.762. The minimum absolute atomic E-state index is 0.135. The van der Waals surface area contributed by atoms with E-state index in [1.807, 2.05) is 30.3 Å². The van der Waals surface area contributed by atoms with E-state index in [4.69, 9.17) is 27.1 Å². The molecule has 0 radical (unpaired) electrons. The number of benzene rings is 2. The summed E-state index contributed by atoms with van der Waals surface area (Å²) in [5.41, 5.74) is 9.54. The number of hydrogen-bond acceptors (Lipinski definition) is 8. The van der Waals surface area contributed by atoms with Crippen LogP contribution < -0.4 is 11.1 Å². The first-order valence-electron chi connectivity index (χ1n) is 10.2. The summed E-state index contributed by atoms with van der Waals surface area (Å²) in [6, 6.07) is 13.1. The number of nitrogens with zero attached hydrogens (tertiary/aromatic N) is 3. The Morgan fingerprint density at radius 1 is 1.19 bits per heavy atom. The zero-order valence-electron chi connectivity index (χ0n) is 17.4. The number of aliphatic imine (C=N–C) groups is 1. The maximum absolute atomic E-state index is 11.4. The van der Waals surface area contributed by atoms with E-state index in [2.05, 4.69) is 32.0 Å². The van der Waals surface area contributed by atoms with Gasteiger partial charge in [-0.1, -0.05) is 23.7 Å². The molecular formula is C22H26ClN5O3. The summed E-state index contributed by atoms with van der Waals surface area (Å²) >= 11 is 6.22. The van der Waals surface area contributed by atoms with Crippen LogP contribution in [0.25, 0.3) is 0 Å². The molecule has 2 aromatic carbocycles. The fraction of sp³-hybridized carbons (Fsp3) is 0.364. The summed E-state index contributed by atoms with van der Waals surface area (Å²) in [4.78, 5) is 20.8. The number of para-hydroxylation sites is 1. The fourth-order valence-electron chi connectivity index (χ4n) is 3.67. The molecule has 2 aliphatic rings. The van der Waals surface area contributed by atoms with Crippen LogP contribution in [0.1, 0.15) is 5.56 Å². The number of carbonyl (C=O) groups excluding carboxylic acids is 1. The molecule has 1 saturated heterocycles. The second kappa shape index (κ2) is 9.65. The number of methoxy groups -OCH3 is 1. The van der Waals surface area contributed by atoms with Gasteiger partial charge in [0.25, 0.3) is 0 Å². The number of carbonyl (C=O) groups is 1. The van der Waals surface area contributed by atoms with Gasteiger partial charge in [0.1, 0.15) is 11.9 Å². The highest BCUT2D eigenvalue weighted by Gasteiger charge is 2.25. The number of halogens is 1. The van der Waals surface area contributed by atoms with Gasteiger partial charge in [0.05, 0.1) is 31.8 Å². The van der Waals surface area contributed by atoms with Gasteiger partial charge >= 0.3 is 5.97 Å². The third kappa shape index (κ3) is 4.99. The van der Waals surface area contributed by atoms with Crippen molar-refractivity contribution in [2.24, 2.45) is 10.7 Å². The Morgan fingerprint density at radius 3 is 2.74 bits per heavy atom. The molecule has 164 valence electrons. The zero-order valence-corrected chi connectivity index (χ0v) is 18.1. The standard InChI is InChI=1S/C22H26ClN5O3/c1-30-22(29)17(24)13-31-14-27-8-10-28(11-9-27)21-16-4-2-3-5-18(16)25-19-7-6-15(23)12-20(19)26-21/h2-7,12,17,25H,8-11,13-14,24H2,1H3. The molecule has 1 unspecified atom stereocenters. The Bertz CT molecular complexity index is 975. The minimum Gasteiger partial charge on any atom is -0.468 e. The van der Waals surface area contributed by atoms with Crippen molar-refractivity contribution in [1.82, 2.24) is 9.80 Å². The molecule has 31 heavy (non-hydrogen) atoms. The highest BCUT2D eigenvalue weighted by Crippen LogP contribution is 2.36. The summed E-state index contributed by atoms with van der Waals surface area (Å²) < 4.78 is 10.2. The first-order chi connectivity index (χ1) is 15.0. The van der Waals surface area contributed by atoms with E-state index in [9.17, 15) is 4.79 Å². The topological polar surface area (TPSA) is 92.4 Å². The second-order valence-electron chi connectivity index (χ2n) is 7.50. The molecule has 1 atom stereocenters. The predicted octanol–water partition coefficient (Wildman–Crippen LogP) is 2.57. The third-order valence-corrected chi connectivity index (χ3v) is 5.61. The molecule has 8 nitrogen and oxygen atoms in total. The number of anilines is 2. The van der Waals surface area contributed by atoms with Crippen molar-refractivity contribution in [2.75, 3.05) is 51.9 Å². The van der Waals surface area contributed by atoms with Crippen LogP contribution in [0, 0.1) is 0 Å². The maximum atomic E-state index is 11.4. The number of rotatable bonds is 5. The molecule has 2 aromatic rings. The molecule has 1 fully saturated rings. The number of hydrogen-bond donors (Lipinski definition) is 2. The lowest BCUT2D eigenvalue weighted by atomic mass is 10.1. The lowest BCUT2D eigenvalue weighted by molar-refractivity contribution is -0.144. The van der Waals surface area contributed by atoms with Crippen molar-refractivity contribution in [2.45, 2.75) is 6.04 Å². The van der Waals surface area contributed by atoms with Crippen LogP contribution in [0.3, 0.4) is 0 Å². The van der Waals surface area contributed by atoms with E-state index >= 15 is 0 Å². The Kier molecular flexibility index (Phi) is 6.72. The smallest absolute Gasteiger partial charge is 0.325 e. The van der Waals surface area contributed by atoms with Crippen molar-refractivity contribution in [3.63, 3.8) is 0 Å². The van der Waals surface area contributed by atoms with E-state index in [0.29, 0.717) is 11.8 Å². The lowest BCUT2D eigenvalue weighted by Gasteiger charge is -2.36. The zero-order chi connectivity index (χ0) is 21.8. The average Bonchev–Trinajstić information content (AvgIpc) is 2.95. The molecule has 0 amide bonds. The SMILES string of the molecule is COC(=O)C(N)COCN1CCN(C2=Nc3cc(Cl)ccc3Nc3ccccc32)CC1. The Balaban J connectivity index is 1.44. The van der Waals surface area contributed by atoms with Crippen molar-refractivity contribution in [1.29, 1.82) is 0 Å². The van der Waals surface area contributed by atoms with Crippen molar-refractivity contribution < 1.29 is 14.3 Å². The number of amidine groups is 1. The van der Waals surface area contributed by atoms with E-state index in [1.54, 1.807) is 0 Å². The van der Waals surface area contributed by atoms with Crippen LogP contribution in [-0.2, 0) is 14.3 Å². The summed E-state index contributed by atoms with van der Waals surface area (Å²) in [6.07, 6.45) is 0. The molecule has 2 heterocycles. The van der Waals surface area contributed by atoms with Gasteiger partial charge in [-0.25, -0.2) is 4.99 Å². The van der Waals surface area contributed by atoms with Crippen LogP contribution in [0.2, 0.25) is 5.02 Å². The summed E-state index contributed by atoms with van der Waals surface area (Å²) in [7, 11) is 1.32. The van der Waals surface area contributed by atoms with E-state index < -0.39 is 12.0 Å². The van der Waals surface area contributed by atoms with Gasteiger partial charge in [-0.2, -0.15) is 0 Å². The Labute approximate surface area is 186 Å². The number of fused-ring (bicyclic) bond motifs is 2. The number of nitrogens with one attached hydrogen (secondary N) is 1. The largest absolute Gasteiger partial charge is 0.468 e. The van der Waals surface area contributed by atoms with E-state index in [0.717, 1.165) is 54.6 Å². The van der Waals surface area contributed by atoms with Gasteiger partial charge < -0.3 is 25.4 Å². The Hall–Kier alpha value is -2.65.